The van der Waals surface area contributed by atoms with Gasteiger partial charge in [0, 0.05) is 11.1 Å². The molecule has 4 rings (SSSR count). The monoisotopic (exact) mass is 432 g/mol. The van der Waals surface area contributed by atoms with Crippen LogP contribution in [-0.2, 0) is 6.54 Å². The normalized spacial score (nSPS) is 10.7. The van der Waals surface area contributed by atoms with E-state index >= 15 is 0 Å². The van der Waals surface area contributed by atoms with Gasteiger partial charge in [0.1, 0.15) is 22.0 Å². The Morgan fingerprint density at radius 3 is 1.90 bits per heavy atom. The number of hydrogen-bond donors (Lipinski definition) is 0. The summed E-state index contributed by atoms with van der Waals surface area (Å²) in [4.78, 5) is 0. The fourth-order valence-corrected chi connectivity index (χ4v) is 3.54. The first-order valence-corrected chi connectivity index (χ1v) is 10.1. The molecule has 0 unspecified atom stereocenters. The number of ether oxygens (including phenoxy) is 2. The van der Waals surface area contributed by atoms with Crippen LogP contribution in [0.5, 0.6) is 11.5 Å². The zero-order valence-electron chi connectivity index (χ0n) is 17.2. The summed E-state index contributed by atoms with van der Waals surface area (Å²) in [5, 5.41) is 4.88. The Labute approximate surface area is 185 Å². The maximum absolute atomic E-state index is 13.3. The summed E-state index contributed by atoms with van der Waals surface area (Å²) in [5.41, 5.74) is 4.56. The third-order valence-electron chi connectivity index (χ3n) is 5.01. The van der Waals surface area contributed by atoms with Crippen molar-refractivity contribution >= 4 is 12.2 Å². The van der Waals surface area contributed by atoms with E-state index < -0.39 is 0 Å². The van der Waals surface area contributed by atoms with E-state index in [0.717, 1.165) is 39.4 Å². The fourth-order valence-electron chi connectivity index (χ4n) is 3.32. The minimum absolute atomic E-state index is 0.269. The molecule has 0 saturated carbocycles. The molecule has 156 valence electrons. The van der Waals surface area contributed by atoms with Crippen LogP contribution in [0, 0.1) is 10.5 Å². The molecule has 31 heavy (non-hydrogen) atoms. The molecule has 0 atom stereocenters. The van der Waals surface area contributed by atoms with E-state index in [1.54, 1.807) is 31.0 Å². The highest BCUT2D eigenvalue weighted by atomic mass is 32.1. The number of benzene rings is 3. The van der Waals surface area contributed by atoms with Gasteiger partial charge in [0.15, 0.2) is 0 Å². The summed E-state index contributed by atoms with van der Waals surface area (Å²) in [7, 11) is 3.28. The van der Waals surface area contributed by atoms with Crippen molar-refractivity contribution in [3.63, 3.8) is 0 Å². The predicted octanol–water partition coefficient (Wildman–Crippen LogP) is 6.15. The Hall–Kier alpha value is -3.51. The van der Waals surface area contributed by atoms with Crippen LogP contribution in [0.4, 0.5) is 4.39 Å². The van der Waals surface area contributed by atoms with Crippen molar-refractivity contribution in [2.45, 2.75) is 6.54 Å². The number of nitrogens with zero attached hydrogens (tertiary/aromatic N) is 2. The number of aromatic nitrogens is 2. The van der Waals surface area contributed by atoms with E-state index in [0.29, 0.717) is 11.2 Å². The van der Waals surface area contributed by atoms with Crippen molar-refractivity contribution in [3.8, 4) is 33.9 Å². The zero-order chi connectivity index (χ0) is 21.8. The quantitative estimate of drug-likeness (QED) is 0.342. The number of hydrogen-bond acceptors (Lipinski definition) is 4. The highest BCUT2D eigenvalue weighted by Crippen LogP contribution is 2.32. The topological polar surface area (TPSA) is 36.3 Å². The molecule has 3 aromatic carbocycles. The molecule has 1 heterocycles. The van der Waals surface area contributed by atoms with Gasteiger partial charge in [0.25, 0.3) is 0 Å². The molecule has 1 aromatic heterocycles. The number of halogens is 1. The van der Waals surface area contributed by atoms with Gasteiger partial charge in [-0.25, -0.2) is 9.07 Å². The summed E-state index contributed by atoms with van der Waals surface area (Å²) in [6.45, 7) is 0.450. The van der Waals surface area contributed by atoms with Gasteiger partial charge in [0.05, 0.1) is 26.5 Å². The highest BCUT2D eigenvalue weighted by Gasteiger charge is 2.13. The second-order valence-electron chi connectivity index (χ2n) is 6.99. The van der Waals surface area contributed by atoms with Crippen LogP contribution in [0.2, 0.25) is 0 Å². The summed E-state index contributed by atoms with van der Waals surface area (Å²) in [6.07, 6.45) is 0. The van der Waals surface area contributed by atoms with Crippen LogP contribution in [0.3, 0.4) is 0 Å². The van der Waals surface area contributed by atoms with Crippen LogP contribution in [0.25, 0.3) is 22.4 Å². The van der Waals surface area contributed by atoms with Crippen molar-refractivity contribution in [2.75, 3.05) is 14.2 Å². The van der Waals surface area contributed by atoms with Gasteiger partial charge in [-0.15, -0.1) is 0 Å². The zero-order valence-corrected chi connectivity index (χ0v) is 18.0. The van der Waals surface area contributed by atoms with Crippen molar-refractivity contribution < 1.29 is 13.9 Å². The summed E-state index contributed by atoms with van der Waals surface area (Å²) < 4.78 is 26.2. The molecule has 0 fully saturated rings. The highest BCUT2D eigenvalue weighted by molar-refractivity contribution is 7.71. The minimum atomic E-state index is -0.269. The molecule has 0 bridgehead atoms. The van der Waals surface area contributed by atoms with Crippen LogP contribution >= 0.6 is 12.2 Å². The SMILES string of the molecule is COc1ccc(-c2cc(=S)n(Cc3ccc(F)cc3)nc2-c2ccc(OC)cc2)cc1. The van der Waals surface area contributed by atoms with E-state index in [2.05, 4.69) is 0 Å². The molecular formula is C25H21FN2O2S. The van der Waals surface area contributed by atoms with E-state index in [1.807, 2.05) is 54.6 Å². The van der Waals surface area contributed by atoms with Gasteiger partial charge in [-0.2, -0.15) is 5.10 Å². The molecular weight excluding hydrogens is 411 g/mol. The Kier molecular flexibility index (Phi) is 6.09. The molecule has 0 aliphatic heterocycles. The maximum Gasteiger partial charge on any atom is 0.123 e. The summed E-state index contributed by atoms with van der Waals surface area (Å²) in [5.74, 6) is 1.28. The lowest BCUT2D eigenvalue weighted by Crippen LogP contribution is -2.09. The van der Waals surface area contributed by atoms with E-state index in [1.165, 1.54) is 12.1 Å². The molecule has 0 spiro atoms. The number of methoxy groups -OCH3 is 2. The molecule has 0 radical (unpaired) electrons. The molecule has 6 heteroatoms. The molecule has 4 nitrogen and oxygen atoms in total. The summed E-state index contributed by atoms with van der Waals surface area (Å²) in [6, 6.07) is 23.9. The average molecular weight is 433 g/mol. The van der Waals surface area contributed by atoms with Gasteiger partial charge in [-0.3, -0.25) is 0 Å². The van der Waals surface area contributed by atoms with Crippen molar-refractivity contribution in [2.24, 2.45) is 0 Å². The first-order valence-electron chi connectivity index (χ1n) is 9.73. The van der Waals surface area contributed by atoms with Crippen LogP contribution in [0.15, 0.2) is 78.9 Å². The lowest BCUT2D eigenvalue weighted by molar-refractivity contribution is 0.414. The Morgan fingerprint density at radius 2 is 1.35 bits per heavy atom. The summed E-state index contributed by atoms with van der Waals surface area (Å²) >= 11 is 5.64. The molecule has 0 N–H and O–H groups in total. The maximum atomic E-state index is 13.3. The minimum Gasteiger partial charge on any atom is -0.497 e. The third kappa shape index (κ3) is 4.64. The Bertz CT molecular complexity index is 1230. The largest absolute Gasteiger partial charge is 0.497 e. The third-order valence-corrected chi connectivity index (χ3v) is 5.34. The van der Waals surface area contributed by atoms with E-state index in [9.17, 15) is 4.39 Å². The predicted molar refractivity (Wildman–Crippen MR) is 123 cm³/mol. The van der Waals surface area contributed by atoms with E-state index in [4.69, 9.17) is 26.8 Å². The average Bonchev–Trinajstić information content (AvgIpc) is 2.81. The van der Waals surface area contributed by atoms with Crippen molar-refractivity contribution in [3.05, 3.63) is 94.9 Å². The van der Waals surface area contributed by atoms with Gasteiger partial charge < -0.3 is 9.47 Å². The van der Waals surface area contributed by atoms with Crippen LogP contribution in [-0.4, -0.2) is 24.0 Å². The molecule has 0 amide bonds. The second-order valence-corrected chi connectivity index (χ2v) is 7.40. The van der Waals surface area contributed by atoms with Crippen molar-refractivity contribution in [1.29, 1.82) is 0 Å². The molecule has 0 saturated heterocycles. The van der Waals surface area contributed by atoms with Gasteiger partial charge in [0.2, 0.25) is 0 Å². The lowest BCUT2D eigenvalue weighted by Gasteiger charge is -2.15. The second kappa shape index (κ2) is 9.10. The van der Waals surface area contributed by atoms with Crippen LogP contribution < -0.4 is 9.47 Å². The Morgan fingerprint density at radius 1 is 0.806 bits per heavy atom. The van der Waals surface area contributed by atoms with Gasteiger partial charge in [-0.05, 0) is 65.7 Å². The molecule has 0 aliphatic rings. The van der Waals surface area contributed by atoms with Crippen LogP contribution in [0.1, 0.15) is 5.56 Å². The molecule has 0 aliphatic carbocycles. The molecule has 4 aromatic rings. The lowest BCUT2D eigenvalue weighted by atomic mass is 10.00. The van der Waals surface area contributed by atoms with Crippen molar-refractivity contribution in [1.82, 2.24) is 9.78 Å². The van der Waals surface area contributed by atoms with Gasteiger partial charge in [-0.1, -0.05) is 36.5 Å². The first-order chi connectivity index (χ1) is 15.1. The smallest absolute Gasteiger partial charge is 0.123 e. The fraction of sp³-hybridized carbons (Fsp3) is 0.120. The number of rotatable bonds is 6. The Balaban J connectivity index is 1.83. The van der Waals surface area contributed by atoms with Gasteiger partial charge >= 0.3 is 0 Å². The standard InChI is InChI=1S/C25H21FN2O2S/c1-29-21-11-5-18(6-12-21)23-15-24(31)28(16-17-3-9-20(26)10-4-17)27-25(23)19-7-13-22(30-2)14-8-19/h3-15H,16H2,1-2H3. The van der Waals surface area contributed by atoms with E-state index in [-0.39, 0.29) is 5.82 Å². The first kappa shape index (κ1) is 20.8.